The molecule has 0 spiro atoms. The Morgan fingerprint density at radius 3 is 2.94 bits per heavy atom. The van der Waals surface area contributed by atoms with Crippen molar-refractivity contribution < 1.29 is 9.90 Å². The van der Waals surface area contributed by atoms with E-state index in [1.807, 2.05) is 13.8 Å². The highest BCUT2D eigenvalue weighted by Crippen LogP contribution is 2.23. The van der Waals surface area contributed by atoms with Gasteiger partial charge in [0.15, 0.2) is 0 Å². The van der Waals surface area contributed by atoms with E-state index < -0.39 is 5.97 Å². The summed E-state index contributed by atoms with van der Waals surface area (Å²) >= 11 is 0. The molecule has 1 atom stereocenters. The lowest BCUT2D eigenvalue weighted by Gasteiger charge is -2.24. The van der Waals surface area contributed by atoms with Crippen molar-refractivity contribution in [3.63, 3.8) is 0 Å². The summed E-state index contributed by atoms with van der Waals surface area (Å²) in [6.45, 7) is 6.06. The average Bonchev–Trinajstić information content (AvgIpc) is 2.63. The van der Waals surface area contributed by atoms with Crippen molar-refractivity contribution >= 4 is 5.97 Å². The summed E-state index contributed by atoms with van der Waals surface area (Å²) < 4.78 is 2.08. The molecule has 100 valence electrons. The molecule has 1 aromatic rings. The Morgan fingerprint density at radius 1 is 1.56 bits per heavy atom. The van der Waals surface area contributed by atoms with Crippen LogP contribution in [0, 0.1) is 13.8 Å². The Balaban J connectivity index is 2.16. The summed E-state index contributed by atoms with van der Waals surface area (Å²) in [5.41, 5.74) is 3.20. The molecule has 0 radical (unpaired) electrons. The molecule has 5 heteroatoms. The number of rotatable bonds is 4. The van der Waals surface area contributed by atoms with E-state index in [9.17, 15) is 4.79 Å². The molecule has 1 aliphatic heterocycles. The van der Waals surface area contributed by atoms with Gasteiger partial charge in [-0.1, -0.05) is 0 Å². The van der Waals surface area contributed by atoms with Crippen LogP contribution in [0.15, 0.2) is 0 Å². The van der Waals surface area contributed by atoms with Crippen LogP contribution in [0.1, 0.15) is 42.3 Å². The molecular formula is C13H21N3O2. The maximum Gasteiger partial charge on any atom is 0.303 e. The number of nitrogens with one attached hydrogen (secondary N) is 1. The van der Waals surface area contributed by atoms with Gasteiger partial charge in [-0.2, -0.15) is 5.10 Å². The second-order valence-electron chi connectivity index (χ2n) is 4.99. The van der Waals surface area contributed by atoms with Gasteiger partial charge in [-0.25, -0.2) is 0 Å². The molecule has 1 aromatic heterocycles. The lowest BCUT2D eigenvalue weighted by Crippen LogP contribution is -2.32. The second kappa shape index (κ2) is 5.52. The summed E-state index contributed by atoms with van der Waals surface area (Å²) in [4.78, 5) is 10.7. The smallest absolute Gasteiger partial charge is 0.303 e. The molecule has 2 rings (SSSR count). The molecule has 1 unspecified atom stereocenters. The van der Waals surface area contributed by atoms with E-state index in [-0.39, 0.29) is 6.42 Å². The highest BCUT2D eigenvalue weighted by atomic mass is 16.4. The average molecular weight is 251 g/mol. The predicted molar refractivity (Wildman–Crippen MR) is 68.8 cm³/mol. The fraction of sp³-hybridized carbons (Fsp3) is 0.692. The molecule has 18 heavy (non-hydrogen) atoms. The summed E-state index contributed by atoms with van der Waals surface area (Å²) in [6, 6.07) is 0.413. The maximum absolute atomic E-state index is 10.7. The first-order valence-corrected chi connectivity index (χ1v) is 6.56. The van der Waals surface area contributed by atoms with Gasteiger partial charge in [0.05, 0.1) is 11.7 Å². The summed E-state index contributed by atoms with van der Waals surface area (Å²) in [5.74, 6) is -0.749. The number of aryl methyl sites for hydroxylation is 1. The van der Waals surface area contributed by atoms with E-state index in [1.165, 1.54) is 6.42 Å². The van der Waals surface area contributed by atoms with E-state index in [1.54, 1.807) is 0 Å². The number of carbonyl (C=O) groups is 1. The first-order valence-electron chi connectivity index (χ1n) is 6.56. The predicted octanol–water partition coefficient (Wildman–Crippen LogP) is 1.44. The van der Waals surface area contributed by atoms with Gasteiger partial charge in [0.25, 0.3) is 0 Å². The lowest BCUT2D eigenvalue weighted by atomic mass is 10.1. The zero-order chi connectivity index (χ0) is 13.1. The standard InChI is InChI=1S/C13H21N3O2/c1-9-12(5-6-13(17)18)10(2)16(15-9)11-4-3-7-14-8-11/h11,14H,3-8H2,1-2H3,(H,17,18). The lowest BCUT2D eigenvalue weighted by molar-refractivity contribution is -0.136. The van der Waals surface area contributed by atoms with Crippen LogP contribution in [-0.4, -0.2) is 33.9 Å². The van der Waals surface area contributed by atoms with Gasteiger partial charge < -0.3 is 10.4 Å². The summed E-state index contributed by atoms with van der Waals surface area (Å²) in [7, 11) is 0. The van der Waals surface area contributed by atoms with Crippen molar-refractivity contribution in [2.24, 2.45) is 0 Å². The van der Waals surface area contributed by atoms with Gasteiger partial charge in [0.2, 0.25) is 0 Å². The van der Waals surface area contributed by atoms with Crippen LogP contribution in [0.25, 0.3) is 0 Å². The van der Waals surface area contributed by atoms with E-state index in [2.05, 4.69) is 15.1 Å². The third-order valence-corrected chi connectivity index (χ3v) is 3.68. The molecule has 2 N–H and O–H groups in total. The highest BCUT2D eigenvalue weighted by molar-refractivity contribution is 5.67. The maximum atomic E-state index is 10.7. The zero-order valence-corrected chi connectivity index (χ0v) is 11.1. The van der Waals surface area contributed by atoms with E-state index >= 15 is 0 Å². The van der Waals surface area contributed by atoms with Crippen molar-refractivity contribution in [1.29, 1.82) is 0 Å². The Morgan fingerprint density at radius 2 is 2.33 bits per heavy atom. The Kier molecular flexibility index (Phi) is 4.01. The van der Waals surface area contributed by atoms with Crippen molar-refractivity contribution in [1.82, 2.24) is 15.1 Å². The zero-order valence-electron chi connectivity index (χ0n) is 11.1. The molecule has 1 fully saturated rings. The number of hydrogen-bond donors (Lipinski definition) is 2. The van der Waals surface area contributed by atoms with Gasteiger partial charge in [-0.05, 0) is 45.2 Å². The second-order valence-corrected chi connectivity index (χ2v) is 4.99. The van der Waals surface area contributed by atoms with E-state index in [4.69, 9.17) is 5.11 Å². The molecule has 1 saturated heterocycles. The number of aliphatic carboxylic acids is 1. The normalized spacial score (nSPS) is 20.0. The fourth-order valence-electron chi connectivity index (χ4n) is 2.69. The van der Waals surface area contributed by atoms with Gasteiger partial charge in [0, 0.05) is 18.7 Å². The molecule has 5 nitrogen and oxygen atoms in total. The topological polar surface area (TPSA) is 67.2 Å². The molecular weight excluding hydrogens is 230 g/mol. The third kappa shape index (κ3) is 2.72. The van der Waals surface area contributed by atoms with E-state index in [0.717, 1.165) is 36.5 Å². The van der Waals surface area contributed by atoms with Crippen molar-refractivity contribution in [2.45, 2.75) is 45.6 Å². The van der Waals surface area contributed by atoms with Crippen LogP contribution >= 0.6 is 0 Å². The molecule has 0 amide bonds. The number of carboxylic acid groups (broad SMARTS) is 1. The largest absolute Gasteiger partial charge is 0.481 e. The quantitative estimate of drug-likeness (QED) is 0.849. The first-order chi connectivity index (χ1) is 8.59. The van der Waals surface area contributed by atoms with Crippen molar-refractivity contribution in [3.8, 4) is 0 Å². The van der Waals surface area contributed by atoms with Crippen molar-refractivity contribution in [3.05, 3.63) is 17.0 Å². The van der Waals surface area contributed by atoms with E-state index in [0.29, 0.717) is 12.5 Å². The molecule has 0 aliphatic carbocycles. The SMILES string of the molecule is Cc1nn(C2CCCNC2)c(C)c1CCC(=O)O. The van der Waals surface area contributed by atoms with Crippen LogP contribution in [0.4, 0.5) is 0 Å². The molecule has 0 bridgehead atoms. The molecule has 1 aliphatic rings. The minimum Gasteiger partial charge on any atom is -0.481 e. The summed E-state index contributed by atoms with van der Waals surface area (Å²) in [6.07, 6.45) is 3.07. The van der Waals surface area contributed by atoms with Crippen LogP contribution in [0.2, 0.25) is 0 Å². The Hall–Kier alpha value is -1.36. The fourth-order valence-corrected chi connectivity index (χ4v) is 2.69. The van der Waals surface area contributed by atoms with Crippen LogP contribution in [0.5, 0.6) is 0 Å². The number of carboxylic acids is 1. The first kappa shape index (κ1) is 13.1. The van der Waals surface area contributed by atoms with Crippen molar-refractivity contribution in [2.75, 3.05) is 13.1 Å². The van der Waals surface area contributed by atoms with Crippen LogP contribution < -0.4 is 5.32 Å². The number of piperidine rings is 1. The van der Waals surface area contributed by atoms with Gasteiger partial charge >= 0.3 is 5.97 Å². The van der Waals surface area contributed by atoms with Gasteiger partial charge in [-0.15, -0.1) is 0 Å². The minimum absolute atomic E-state index is 0.177. The molecule has 0 aromatic carbocycles. The van der Waals surface area contributed by atoms with Gasteiger partial charge in [0.1, 0.15) is 0 Å². The Bertz CT molecular complexity index is 434. The number of hydrogen-bond acceptors (Lipinski definition) is 3. The van der Waals surface area contributed by atoms with Crippen LogP contribution in [-0.2, 0) is 11.2 Å². The molecule has 2 heterocycles. The summed E-state index contributed by atoms with van der Waals surface area (Å²) in [5, 5.41) is 16.8. The minimum atomic E-state index is -0.749. The number of nitrogens with zero attached hydrogens (tertiary/aromatic N) is 2. The highest BCUT2D eigenvalue weighted by Gasteiger charge is 2.20. The molecule has 0 saturated carbocycles. The number of aromatic nitrogens is 2. The van der Waals surface area contributed by atoms with Gasteiger partial charge in [-0.3, -0.25) is 9.48 Å². The van der Waals surface area contributed by atoms with Crippen LogP contribution in [0.3, 0.4) is 0 Å². The third-order valence-electron chi connectivity index (χ3n) is 3.68. The Labute approximate surface area is 107 Å². The monoisotopic (exact) mass is 251 g/mol.